The van der Waals surface area contributed by atoms with Gasteiger partial charge in [0.2, 0.25) is 0 Å². The molecule has 0 bridgehead atoms. The van der Waals surface area contributed by atoms with Crippen LogP contribution in [0.4, 0.5) is 0 Å². The Morgan fingerprint density at radius 2 is 2.05 bits per heavy atom. The number of para-hydroxylation sites is 1. The Morgan fingerprint density at radius 3 is 2.80 bits per heavy atom. The van der Waals surface area contributed by atoms with Crippen LogP contribution in [0, 0.1) is 0 Å². The van der Waals surface area contributed by atoms with Crippen molar-refractivity contribution >= 4 is 16.9 Å². The number of benzene rings is 1. The van der Waals surface area contributed by atoms with Gasteiger partial charge >= 0.3 is 5.97 Å². The summed E-state index contributed by atoms with van der Waals surface area (Å²) in [5, 5.41) is 4.36. The molecule has 1 aromatic carbocycles. The van der Waals surface area contributed by atoms with Crippen LogP contribution in [0.25, 0.3) is 10.9 Å². The third kappa shape index (κ3) is 4.10. The minimum absolute atomic E-state index is 0.212. The van der Waals surface area contributed by atoms with Gasteiger partial charge in [-0.1, -0.05) is 18.2 Å². The van der Waals surface area contributed by atoms with Crippen LogP contribution >= 0.6 is 0 Å². The quantitative estimate of drug-likeness (QED) is 0.651. The summed E-state index contributed by atoms with van der Waals surface area (Å²) >= 11 is 0. The van der Waals surface area contributed by atoms with Crippen LogP contribution in [0.15, 0.2) is 30.5 Å². The molecule has 4 nitrogen and oxygen atoms in total. The highest BCUT2D eigenvalue weighted by molar-refractivity contribution is 5.83. The second kappa shape index (κ2) is 6.09. The normalized spacial score (nSPS) is 11.8. The number of hydrogen-bond acceptors (Lipinski definition) is 3. The van der Waals surface area contributed by atoms with Crippen molar-refractivity contribution in [1.82, 2.24) is 10.3 Å². The average molecular weight is 274 g/mol. The number of nitrogens with one attached hydrogen (secondary N) is 2. The second-order valence-electron chi connectivity index (χ2n) is 5.87. The van der Waals surface area contributed by atoms with E-state index in [-0.39, 0.29) is 12.5 Å². The van der Waals surface area contributed by atoms with E-state index in [1.807, 2.05) is 39.1 Å². The van der Waals surface area contributed by atoms with Gasteiger partial charge < -0.3 is 15.0 Å². The molecule has 108 valence electrons. The van der Waals surface area contributed by atoms with E-state index in [0.717, 1.165) is 18.5 Å². The molecule has 0 atom stereocenters. The van der Waals surface area contributed by atoms with Crippen molar-refractivity contribution in [2.45, 2.75) is 32.8 Å². The number of rotatable bonds is 5. The van der Waals surface area contributed by atoms with E-state index < -0.39 is 5.60 Å². The van der Waals surface area contributed by atoms with Crippen molar-refractivity contribution in [1.29, 1.82) is 0 Å². The summed E-state index contributed by atoms with van der Waals surface area (Å²) in [4.78, 5) is 14.8. The fraction of sp³-hybridized carbons (Fsp3) is 0.438. The second-order valence-corrected chi connectivity index (χ2v) is 5.87. The molecule has 0 spiro atoms. The molecule has 1 aromatic heterocycles. The number of aromatic amines is 1. The van der Waals surface area contributed by atoms with Gasteiger partial charge in [-0.25, -0.2) is 0 Å². The van der Waals surface area contributed by atoms with Gasteiger partial charge in [-0.05, 0) is 45.4 Å². The first-order chi connectivity index (χ1) is 9.46. The molecule has 2 aromatic rings. The van der Waals surface area contributed by atoms with Crippen molar-refractivity contribution < 1.29 is 9.53 Å². The van der Waals surface area contributed by atoms with E-state index in [9.17, 15) is 4.79 Å². The van der Waals surface area contributed by atoms with Crippen LogP contribution in [0.1, 0.15) is 26.3 Å². The molecule has 0 aliphatic rings. The maximum Gasteiger partial charge on any atom is 0.320 e. The Kier molecular flexibility index (Phi) is 4.45. The Balaban J connectivity index is 1.78. The van der Waals surface area contributed by atoms with Crippen LogP contribution in [0.2, 0.25) is 0 Å². The van der Waals surface area contributed by atoms with Crippen molar-refractivity contribution in [3.05, 3.63) is 36.0 Å². The summed E-state index contributed by atoms with van der Waals surface area (Å²) in [6, 6.07) is 8.22. The van der Waals surface area contributed by atoms with Crippen molar-refractivity contribution in [3.8, 4) is 0 Å². The molecular weight excluding hydrogens is 252 g/mol. The molecule has 20 heavy (non-hydrogen) atoms. The first-order valence-corrected chi connectivity index (χ1v) is 6.93. The van der Waals surface area contributed by atoms with E-state index in [1.165, 1.54) is 10.9 Å². The van der Waals surface area contributed by atoms with Gasteiger partial charge in [-0.2, -0.15) is 0 Å². The van der Waals surface area contributed by atoms with E-state index in [2.05, 4.69) is 22.4 Å². The van der Waals surface area contributed by atoms with Crippen LogP contribution in [-0.2, 0) is 16.0 Å². The fourth-order valence-corrected chi connectivity index (χ4v) is 2.13. The number of ether oxygens (including phenoxy) is 1. The van der Waals surface area contributed by atoms with Gasteiger partial charge in [-0.3, -0.25) is 4.79 Å². The summed E-state index contributed by atoms with van der Waals surface area (Å²) in [5.41, 5.74) is 1.99. The molecule has 0 aliphatic heterocycles. The van der Waals surface area contributed by atoms with E-state index >= 15 is 0 Å². The maximum absolute atomic E-state index is 11.5. The summed E-state index contributed by atoms with van der Waals surface area (Å²) < 4.78 is 5.24. The van der Waals surface area contributed by atoms with Crippen molar-refractivity contribution in [2.75, 3.05) is 13.1 Å². The van der Waals surface area contributed by atoms with Crippen LogP contribution < -0.4 is 5.32 Å². The lowest BCUT2D eigenvalue weighted by atomic mass is 10.1. The number of H-pyrrole nitrogens is 1. The van der Waals surface area contributed by atoms with Crippen LogP contribution in [-0.4, -0.2) is 29.6 Å². The summed E-state index contributed by atoms with van der Waals surface area (Å²) in [6.45, 7) is 6.62. The zero-order valence-corrected chi connectivity index (χ0v) is 12.3. The van der Waals surface area contributed by atoms with Crippen molar-refractivity contribution in [2.24, 2.45) is 0 Å². The molecule has 2 rings (SSSR count). The lowest BCUT2D eigenvalue weighted by molar-refractivity contribution is -0.153. The van der Waals surface area contributed by atoms with Crippen molar-refractivity contribution in [3.63, 3.8) is 0 Å². The first kappa shape index (κ1) is 14.6. The van der Waals surface area contributed by atoms with Gasteiger partial charge in [0, 0.05) is 17.1 Å². The third-order valence-corrected chi connectivity index (χ3v) is 2.94. The molecule has 4 heteroatoms. The van der Waals surface area contributed by atoms with Gasteiger partial charge in [0.25, 0.3) is 0 Å². The van der Waals surface area contributed by atoms with Crippen LogP contribution in [0.3, 0.4) is 0 Å². The molecule has 1 heterocycles. The highest BCUT2D eigenvalue weighted by Gasteiger charge is 2.15. The Morgan fingerprint density at radius 1 is 1.30 bits per heavy atom. The maximum atomic E-state index is 11.5. The largest absolute Gasteiger partial charge is 0.459 e. The molecular formula is C16H22N2O2. The molecule has 0 fully saturated rings. The lowest BCUT2D eigenvalue weighted by Crippen LogP contribution is -2.32. The van der Waals surface area contributed by atoms with Crippen LogP contribution in [0.5, 0.6) is 0 Å². The molecule has 0 unspecified atom stereocenters. The zero-order valence-electron chi connectivity index (χ0n) is 12.3. The summed E-state index contributed by atoms with van der Waals surface area (Å²) in [5.74, 6) is -0.212. The van der Waals surface area contributed by atoms with E-state index in [4.69, 9.17) is 4.74 Å². The third-order valence-electron chi connectivity index (χ3n) is 2.94. The van der Waals surface area contributed by atoms with Gasteiger partial charge in [0.1, 0.15) is 5.60 Å². The monoisotopic (exact) mass is 274 g/mol. The number of hydrogen-bond donors (Lipinski definition) is 2. The summed E-state index contributed by atoms with van der Waals surface area (Å²) in [7, 11) is 0. The fourth-order valence-electron chi connectivity index (χ4n) is 2.13. The van der Waals surface area contributed by atoms with Gasteiger partial charge in [-0.15, -0.1) is 0 Å². The Labute approximate surface area is 119 Å². The standard InChI is InChI=1S/C16H22N2O2/c1-16(2,3)20-15(19)11-17-9-8-12-10-18-14-7-5-4-6-13(12)14/h4-7,10,17-18H,8-9,11H2,1-3H3. The minimum atomic E-state index is -0.421. The molecule has 0 saturated carbocycles. The molecule has 0 amide bonds. The van der Waals surface area contributed by atoms with Gasteiger partial charge in [0.05, 0.1) is 6.54 Å². The highest BCUT2D eigenvalue weighted by Crippen LogP contribution is 2.17. The topological polar surface area (TPSA) is 54.1 Å². The Bertz CT molecular complexity index is 581. The minimum Gasteiger partial charge on any atom is -0.459 e. The summed E-state index contributed by atoms with van der Waals surface area (Å²) in [6.07, 6.45) is 2.91. The number of fused-ring (bicyclic) bond motifs is 1. The lowest BCUT2D eigenvalue weighted by Gasteiger charge is -2.19. The predicted molar refractivity (Wildman–Crippen MR) is 80.7 cm³/mol. The SMILES string of the molecule is CC(C)(C)OC(=O)CNCCc1c[nH]c2ccccc12. The average Bonchev–Trinajstić information content (AvgIpc) is 2.76. The number of carbonyl (C=O) groups is 1. The first-order valence-electron chi connectivity index (χ1n) is 6.93. The number of carbonyl (C=O) groups excluding carboxylic acids is 1. The molecule has 0 aliphatic carbocycles. The molecule has 0 saturated heterocycles. The smallest absolute Gasteiger partial charge is 0.320 e. The molecule has 2 N–H and O–H groups in total. The van der Waals surface area contributed by atoms with E-state index in [0.29, 0.717) is 0 Å². The Hall–Kier alpha value is -1.81. The number of esters is 1. The zero-order chi connectivity index (χ0) is 14.6. The molecule has 0 radical (unpaired) electrons. The highest BCUT2D eigenvalue weighted by atomic mass is 16.6. The predicted octanol–water partition coefficient (Wildman–Crippen LogP) is 2.64. The van der Waals surface area contributed by atoms with E-state index in [1.54, 1.807) is 0 Å². The number of aromatic nitrogens is 1. The van der Waals surface area contributed by atoms with Gasteiger partial charge in [0.15, 0.2) is 0 Å².